The van der Waals surface area contributed by atoms with Gasteiger partial charge in [0, 0.05) is 19.8 Å². The van der Waals surface area contributed by atoms with Gasteiger partial charge in [-0.15, -0.1) is 0 Å². The van der Waals surface area contributed by atoms with Crippen molar-refractivity contribution in [2.24, 2.45) is 10.9 Å². The standard InChI is InChI=1S/C15H26N4/c1-13(2)8-4-6-11-18-15(16-3)19-12-14-9-5-7-10-17-14/h5,7,9-10,13H,4,6,8,11-12H2,1-3H3,(H2,16,18,19). The first-order valence-electron chi connectivity index (χ1n) is 7.06. The van der Waals surface area contributed by atoms with Crippen LogP contribution >= 0.6 is 0 Å². The van der Waals surface area contributed by atoms with Gasteiger partial charge in [0.05, 0.1) is 12.2 Å². The SMILES string of the molecule is CN=C(NCCCCC(C)C)NCc1ccccn1. The molecule has 19 heavy (non-hydrogen) atoms. The van der Waals surface area contributed by atoms with Gasteiger partial charge in [-0.05, 0) is 24.5 Å². The number of pyridine rings is 1. The molecule has 2 N–H and O–H groups in total. The molecule has 0 aliphatic rings. The van der Waals surface area contributed by atoms with Gasteiger partial charge in [-0.3, -0.25) is 9.98 Å². The van der Waals surface area contributed by atoms with Gasteiger partial charge in [0.2, 0.25) is 0 Å². The van der Waals surface area contributed by atoms with Gasteiger partial charge in [0.1, 0.15) is 0 Å². The highest BCUT2D eigenvalue weighted by atomic mass is 15.2. The first kappa shape index (κ1) is 15.5. The van der Waals surface area contributed by atoms with Crippen LogP contribution in [-0.4, -0.2) is 24.5 Å². The molecule has 1 aromatic heterocycles. The number of hydrogen-bond donors (Lipinski definition) is 2. The summed E-state index contributed by atoms with van der Waals surface area (Å²) in [5.41, 5.74) is 1.02. The molecule has 0 spiro atoms. The molecule has 4 nitrogen and oxygen atoms in total. The van der Waals surface area contributed by atoms with E-state index in [2.05, 4.69) is 34.5 Å². The lowest BCUT2D eigenvalue weighted by Gasteiger charge is -2.11. The Labute approximate surface area is 116 Å². The second kappa shape index (κ2) is 9.36. The summed E-state index contributed by atoms with van der Waals surface area (Å²) in [6.45, 7) is 6.20. The third-order valence-electron chi connectivity index (χ3n) is 2.89. The number of rotatable bonds is 7. The van der Waals surface area contributed by atoms with E-state index in [0.717, 1.165) is 24.1 Å². The maximum Gasteiger partial charge on any atom is 0.191 e. The van der Waals surface area contributed by atoms with Crippen LogP contribution in [-0.2, 0) is 6.54 Å². The Balaban J connectivity index is 2.16. The monoisotopic (exact) mass is 262 g/mol. The summed E-state index contributed by atoms with van der Waals surface area (Å²) in [4.78, 5) is 8.47. The molecule has 0 unspecified atom stereocenters. The second-order valence-electron chi connectivity index (χ2n) is 5.06. The Hall–Kier alpha value is -1.58. The Kier molecular flexibility index (Phi) is 7.63. The van der Waals surface area contributed by atoms with E-state index in [4.69, 9.17) is 0 Å². The van der Waals surface area contributed by atoms with Crippen LogP contribution in [0.3, 0.4) is 0 Å². The summed E-state index contributed by atoms with van der Waals surface area (Å²) < 4.78 is 0. The van der Waals surface area contributed by atoms with Crippen molar-refractivity contribution in [2.45, 2.75) is 39.7 Å². The molecule has 0 saturated heterocycles. The molecule has 1 aromatic rings. The zero-order chi connectivity index (χ0) is 13.9. The molecule has 0 saturated carbocycles. The number of unbranched alkanes of at least 4 members (excludes halogenated alkanes) is 1. The fourth-order valence-corrected chi connectivity index (χ4v) is 1.78. The van der Waals surface area contributed by atoms with Crippen LogP contribution < -0.4 is 10.6 Å². The molecule has 0 aromatic carbocycles. The van der Waals surface area contributed by atoms with E-state index in [9.17, 15) is 0 Å². The minimum absolute atomic E-state index is 0.701. The molecule has 1 heterocycles. The lowest BCUT2D eigenvalue weighted by atomic mass is 10.1. The van der Waals surface area contributed by atoms with Gasteiger partial charge in [-0.25, -0.2) is 0 Å². The van der Waals surface area contributed by atoms with Gasteiger partial charge in [0.25, 0.3) is 0 Å². The molecule has 0 radical (unpaired) electrons. The molecule has 0 atom stereocenters. The Morgan fingerprint density at radius 3 is 2.74 bits per heavy atom. The smallest absolute Gasteiger partial charge is 0.191 e. The van der Waals surface area contributed by atoms with Crippen molar-refractivity contribution in [3.05, 3.63) is 30.1 Å². The minimum Gasteiger partial charge on any atom is -0.356 e. The molecule has 0 amide bonds. The average Bonchev–Trinajstić information content (AvgIpc) is 2.42. The quantitative estimate of drug-likeness (QED) is 0.451. The van der Waals surface area contributed by atoms with Crippen LogP contribution in [0.25, 0.3) is 0 Å². The average molecular weight is 262 g/mol. The highest BCUT2D eigenvalue weighted by Gasteiger charge is 1.99. The predicted octanol–water partition coefficient (Wildman–Crippen LogP) is 2.57. The van der Waals surface area contributed by atoms with Gasteiger partial charge < -0.3 is 10.6 Å². The van der Waals surface area contributed by atoms with Crippen molar-refractivity contribution in [3.63, 3.8) is 0 Å². The summed E-state index contributed by atoms with van der Waals surface area (Å²) in [5, 5.41) is 6.59. The van der Waals surface area contributed by atoms with E-state index in [1.165, 1.54) is 19.3 Å². The number of nitrogens with one attached hydrogen (secondary N) is 2. The highest BCUT2D eigenvalue weighted by Crippen LogP contribution is 2.04. The van der Waals surface area contributed by atoms with E-state index in [1.54, 1.807) is 13.2 Å². The normalized spacial score (nSPS) is 11.7. The minimum atomic E-state index is 0.701. The molecular formula is C15H26N4. The van der Waals surface area contributed by atoms with Crippen LogP contribution in [0.5, 0.6) is 0 Å². The fourth-order valence-electron chi connectivity index (χ4n) is 1.78. The Morgan fingerprint density at radius 1 is 1.26 bits per heavy atom. The fraction of sp³-hybridized carbons (Fsp3) is 0.600. The molecule has 106 valence electrons. The number of aromatic nitrogens is 1. The Bertz CT molecular complexity index is 360. The van der Waals surface area contributed by atoms with E-state index in [1.807, 2.05) is 18.2 Å². The maximum absolute atomic E-state index is 4.27. The van der Waals surface area contributed by atoms with Crippen LogP contribution in [0.2, 0.25) is 0 Å². The van der Waals surface area contributed by atoms with Crippen molar-refractivity contribution in [3.8, 4) is 0 Å². The third-order valence-corrected chi connectivity index (χ3v) is 2.89. The number of guanidine groups is 1. The first-order valence-corrected chi connectivity index (χ1v) is 7.06. The first-order chi connectivity index (χ1) is 9.22. The second-order valence-corrected chi connectivity index (χ2v) is 5.06. The van der Waals surface area contributed by atoms with Gasteiger partial charge in [-0.2, -0.15) is 0 Å². The molecular weight excluding hydrogens is 236 g/mol. The summed E-state index contributed by atoms with van der Waals surface area (Å²) in [6.07, 6.45) is 5.55. The van der Waals surface area contributed by atoms with Crippen LogP contribution in [0.4, 0.5) is 0 Å². The van der Waals surface area contributed by atoms with Crippen LogP contribution in [0.1, 0.15) is 38.8 Å². The lowest BCUT2D eigenvalue weighted by molar-refractivity contribution is 0.534. The van der Waals surface area contributed by atoms with Crippen molar-refractivity contribution in [2.75, 3.05) is 13.6 Å². The molecule has 0 aliphatic heterocycles. The van der Waals surface area contributed by atoms with Crippen molar-refractivity contribution >= 4 is 5.96 Å². The van der Waals surface area contributed by atoms with Gasteiger partial charge in [0.15, 0.2) is 5.96 Å². The summed E-state index contributed by atoms with van der Waals surface area (Å²) >= 11 is 0. The maximum atomic E-state index is 4.27. The van der Waals surface area contributed by atoms with Crippen LogP contribution in [0.15, 0.2) is 29.4 Å². The molecule has 0 aliphatic carbocycles. The van der Waals surface area contributed by atoms with E-state index in [0.29, 0.717) is 6.54 Å². The van der Waals surface area contributed by atoms with Crippen molar-refractivity contribution in [1.82, 2.24) is 15.6 Å². The van der Waals surface area contributed by atoms with Crippen LogP contribution in [0, 0.1) is 5.92 Å². The predicted molar refractivity (Wildman–Crippen MR) is 81.1 cm³/mol. The molecule has 4 heteroatoms. The van der Waals surface area contributed by atoms with E-state index < -0.39 is 0 Å². The summed E-state index contributed by atoms with van der Waals surface area (Å²) in [7, 11) is 1.79. The number of nitrogens with zero attached hydrogens (tertiary/aromatic N) is 2. The summed E-state index contributed by atoms with van der Waals surface area (Å²) in [6, 6.07) is 5.92. The van der Waals surface area contributed by atoms with Crippen molar-refractivity contribution in [1.29, 1.82) is 0 Å². The highest BCUT2D eigenvalue weighted by molar-refractivity contribution is 5.79. The molecule has 0 bridgehead atoms. The van der Waals surface area contributed by atoms with Crippen molar-refractivity contribution < 1.29 is 0 Å². The Morgan fingerprint density at radius 2 is 2.11 bits per heavy atom. The van der Waals surface area contributed by atoms with Gasteiger partial charge >= 0.3 is 0 Å². The largest absolute Gasteiger partial charge is 0.356 e. The number of hydrogen-bond acceptors (Lipinski definition) is 2. The van der Waals surface area contributed by atoms with Gasteiger partial charge in [-0.1, -0.05) is 32.8 Å². The zero-order valence-corrected chi connectivity index (χ0v) is 12.3. The molecule has 0 fully saturated rings. The molecule has 1 rings (SSSR count). The third kappa shape index (κ3) is 7.44. The van der Waals surface area contributed by atoms with E-state index in [-0.39, 0.29) is 0 Å². The zero-order valence-electron chi connectivity index (χ0n) is 12.3. The van der Waals surface area contributed by atoms with E-state index >= 15 is 0 Å². The number of aliphatic imine (C=N–C) groups is 1. The summed E-state index contributed by atoms with van der Waals surface area (Å²) in [5.74, 6) is 1.64. The lowest BCUT2D eigenvalue weighted by Crippen LogP contribution is -2.37. The topological polar surface area (TPSA) is 49.3 Å².